The number of ether oxygens (including phenoxy) is 1. The molecule has 2 atom stereocenters. The van der Waals surface area contributed by atoms with Crippen molar-refractivity contribution in [2.24, 2.45) is 5.92 Å². The standard InChI is InChI=1S/C11H16N2O2/c12-7-9(8-4-5-8)13-11(14)10-3-1-2-6-15-10/h8-10H,1-6H2,(H,13,14). The molecule has 0 aromatic carbocycles. The van der Waals surface area contributed by atoms with E-state index in [1.807, 2.05) is 0 Å². The first-order valence-electron chi connectivity index (χ1n) is 5.63. The highest BCUT2D eigenvalue weighted by atomic mass is 16.5. The number of amides is 1. The predicted molar refractivity (Wildman–Crippen MR) is 53.9 cm³/mol. The highest BCUT2D eigenvalue weighted by molar-refractivity contribution is 5.81. The van der Waals surface area contributed by atoms with Crippen LogP contribution in [0.4, 0.5) is 0 Å². The molecule has 4 nitrogen and oxygen atoms in total. The van der Waals surface area contributed by atoms with Crippen molar-refractivity contribution in [2.75, 3.05) is 6.61 Å². The lowest BCUT2D eigenvalue weighted by Gasteiger charge is -2.22. The first-order valence-corrected chi connectivity index (χ1v) is 5.63. The molecule has 15 heavy (non-hydrogen) atoms. The molecule has 2 rings (SSSR count). The van der Waals surface area contributed by atoms with E-state index in [9.17, 15) is 4.79 Å². The Labute approximate surface area is 89.6 Å². The zero-order valence-electron chi connectivity index (χ0n) is 8.74. The fourth-order valence-corrected chi connectivity index (χ4v) is 1.88. The molecule has 1 amide bonds. The van der Waals surface area contributed by atoms with Gasteiger partial charge in [-0.1, -0.05) is 0 Å². The second-order valence-electron chi connectivity index (χ2n) is 4.31. The zero-order chi connectivity index (χ0) is 10.7. The smallest absolute Gasteiger partial charge is 0.250 e. The normalized spacial score (nSPS) is 27.8. The molecule has 4 heteroatoms. The molecule has 1 saturated heterocycles. The molecule has 1 N–H and O–H groups in total. The molecule has 0 radical (unpaired) electrons. The van der Waals surface area contributed by atoms with Crippen molar-refractivity contribution < 1.29 is 9.53 Å². The molecular weight excluding hydrogens is 192 g/mol. The minimum absolute atomic E-state index is 0.104. The number of nitriles is 1. The molecule has 2 fully saturated rings. The molecule has 2 unspecified atom stereocenters. The predicted octanol–water partition coefficient (Wildman–Crippen LogP) is 0.974. The van der Waals surface area contributed by atoms with E-state index in [0.29, 0.717) is 12.5 Å². The van der Waals surface area contributed by atoms with Crippen molar-refractivity contribution in [2.45, 2.75) is 44.2 Å². The van der Waals surface area contributed by atoms with Gasteiger partial charge in [0.25, 0.3) is 0 Å². The SMILES string of the molecule is N#CC(NC(=O)C1CCCCO1)C1CC1. The van der Waals surface area contributed by atoms with Crippen LogP contribution in [0.25, 0.3) is 0 Å². The Bertz CT molecular complexity index is 275. The molecule has 0 aromatic heterocycles. The second kappa shape index (κ2) is 4.63. The highest BCUT2D eigenvalue weighted by Crippen LogP contribution is 2.32. The summed E-state index contributed by atoms with van der Waals surface area (Å²) in [5.41, 5.74) is 0. The molecule has 82 valence electrons. The maximum absolute atomic E-state index is 11.7. The van der Waals surface area contributed by atoms with Gasteiger partial charge in [0.1, 0.15) is 12.1 Å². The van der Waals surface area contributed by atoms with Crippen LogP contribution in [0.1, 0.15) is 32.1 Å². The van der Waals surface area contributed by atoms with Gasteiger partial charge in [0, 0.05) is 6.61 Å². The minimum atomic E-state index is -0.326. The van der Waals surface area contributed by atoms with Crippen LogP contribution in [0, 0.1) is 17.2 Å². The van der Waals surface area contributed by atoms with E-state index in [0.717, 1.165) is 32.1 Å². The number of carbonyl (C=O) groups is 1. The lowest BCUT2D eigenvalue weighted by Crippen LogP contribution is -2.44. The van der Waals surface area contributed by atoms with Gasteiger partial charge in [-0.3, -0.25) is 4.79 Å². The van der Waals surface area contributed by atoms with Crippen LogP contribution in [0.2, 0.25) is 0 Å². The van der Waals surface area contributed by atoms with Crippen molar-refractivity contribution >= 4 is 5.91 Å². The van der Waals surface area contributed by atoms with Gasteiger partial charge in [0.15, 0.2) is 0 Å². The van der Waals surface area contributed by atoms with E-state index >= 15 is 0 Å². The van der Waals surface area contributed by atoms with E-state index < -0.39 is 0 Å². The minimum Gasteiger partial charge on any atom is -0.368 e. The first kappa shape index (κ1) is 10.4. The summed E-state index contributed by atoms with van der Waals surface area (Å²) < 4.78 is 5.36. The summed E-state index contributed by atoms with van der Waals surface area (Å²) in [5.74, 6) is 0.274. The van der Waals surface area contributed by atoms with Gasteiger partial charge in [0.2, 0.25) is 5.91 Å². The van der Waals surface area contributed by atoms with Crippen molar-refractivity contribution in [3.8, 4) is 6.07 Å². The van der Waals surface area contributed by atoms with Crippen LogP contribution in [0.3, 0.4) is 0 Å². The number of hydrogen-bond donors (Lipinski definition) is 1. The van der Waals surface area contributed by atoms with E-state index in [4.69, 9.17) is 10.00 Å². The third-order valence-electron chi connectivity index (χ3n) is 3.00. The van der Waals surface area contributed by atoms with Gasteiger partial charge in [0.05, 0.1) is 6.07 Å². The topological polar surface area (TPSA) is 62.1 Å². The molecule has 2 aliphatic rings. The Morgan fingerprint density at radius 3 is 2.73 bits per heavy atom. The largest absolute Gasteiger partial charge is 0.368 e. The van der Waals surface area contributed by atoms with Crippen LogP contribution < -0.4 is 5.32 Å². The maximum atomic E-state index is 11.7. The summed E-state index contributed by atoms with van der Waals surface area (Å²) in [6.07, 6.45) is 4.66. The Hall–Kier alpha value is -1.08. The molecule has 1 aliphatic carbocycles. The first-order chi connectivity index (χ1) is 7.31. The van der Waals surface area contributed by atoms with E-state index in [2.05, 4.69) is 11.4 Å². The molecular formula is C11H16N2O2. The van der Waals surface area contributed by atoms with Crippen LogP contribution >= 0.6 is 0 Å². The summed E-state index contributed by atoms with van der Waals surface area (Å²) in [6.45, 7) is 0.665. The van der Waals surface area contributed by atoms with Crippen molar-refractivity contribution in [3.63, 3.8) is 0 Å². The van der Waals surface area contributed by atoms with Crippen molar-refractivity contribution in [3.05, 3.63) is 0 Å². The average Bonchev–Trinajstić information content (AvgIpc) is 3.10. The Balaban J connectivity index is 1.82. The molecule has 1 heterocycles. The van der Waals surface area contributed by atoms with Gasteiger partial charge in [-0.05, 0) is 38.0 Å². The summed E-state index contributed by atoms with van der Waals surface area (Å²) in [6, 6.07) is 1.84. The van der Waals surface area contributed by atoms with Gasteiger partial charge in [-0.15, -0.1) is 0 Å². The fraction of sp³-hybridized carbons (Fsp3) is 0.818. The number of rotatable bonds is 3. The number of carbonyl (C=O) groups excluding carboxylic acids is 1. The third-order valence-corrected chi connectivity index (χ3v) is 3.00. The third kappa shape index (κ3) is 2.69. The van der Waals surface area contributed by atoms with E-state index in [1.54, 1.807) is 0 Å². The Morgan fingerprint density at radius 1 is 1.40 bits per heavy atom. The molecule has 0 bridgehead atoms. The molecule has 0 aromatic rings. The Morgan fingerprint density at radius 2 is 2.20 bits per heavy atom. The quantitative estimate of drug-likeness (QED) is 0.751. The van der Waals surface area contributed by atoms with Gasteiger partial charge >= 0.3 is 0 Å². The zero-order valence-corrected chi connectivity index (χ0v) is 8.74. The van der Waals surface area contributed by atoms with Gasteiger partial charge in [-0.25, -0.2) is 0 Å². The number of nitrogens with one attached hydrogen (secondary N) is 1. The maximum Gasteiger partial charge on any atom is 0.250 e. The van der Waals surface area contributed by atoms with E-state index in [-0.39, 0.29) is 18.1 Å². The van der Waals surface area contributed by atoms with Crippen LogP contribution in [0.15, 0.2) is 0 Å². The van der Waals surface area contributed by atoms with Gasteiger partial charge < -0.3 is 10.1 Å². The summed E-state index contributed by atoms with van der Waals surface area (Å²) in [4.78, 5) is 11.7. The van der Waals surface area contributed by atoms with Crippen LogP contribution in [-0.2, 0) is 9.53 Å². The number of nitrogens with zero attached hydrogens (tertiary/aromatic N) is 1. The molecule has 1 saturated carbocycles. The summed E-state index contributed by atoms with van der Waals surface area (Å²) in [5, 5.41) is 11.7. The van der Waals surface area contributed by atoms with Crippen LogP contribution in [0.5, 0.6) is 0 Å². The Kier molecular flexibility index (Phi) is 3.22. The number of hydrogen-bond acceptors (Lipinski definition) is 3. The average molecular weight is 208 g/mol. The summed E-state index contributed by atoms with van der Waals surface area (Å²) in [7, 11) is 0. The van der Waals surface area contributed by atoms with Crippen LogP contribution in [-0.4, -0.2) is 24.7 Å². The second-order valence-corrected chi connectivity index (χ2v) is 4.31. The summed E-state index contributed by atoms with van der Waals surface area (Å²) >= 11 is 0. The lowest BCUT2D eigenvalue weighted by atomic mass is 10.1. The van der Waals surface area contributed by atoms with E-state index in [1.165, 1.54) is 0 Å². The molecule has 0 spiro atoms. The van der Waals surface area contributed by atoms with Gasteiger partial charge in [-0.2, -0.15) is 5.26 Å². The van der Waals surface area contributed by atoms with Crippen molar-refractivity contribution in [1.82, 2.24) is 5.32 Å². The highest BCUT2D eigenvalue weighted by Gasteiger charge is 2.34. The monoisotopic (exact) mass is 208 g/mol. The lowest BCUT2D eigenvalue weighted by molar-refractivity contribution is -0.135. The molecule has 1 aliphatic heterocycles. The fourth-order valence-electron chi connectivity index (χ4n) is 1.88. The van der Waals surface area contributed by atoms with Crippen molar-refractivity contribution in [1.29, 1.82) is 5.26 Å².